The molecule has 0 aliphatic carbocycles. The van der Waals surface area contributed by atoms with Crippen LogP contribution in [0.15, 0.2) is 48.8 Å². The van der Waals surface area contributed by atoms with Crippen LogP contribution in [-0.2, 0) is 6.67 Å². The Morgan fingerprint density at radius 2 is 1.72 bits per heavy atom. The molecule has 0 unspecified atom stereocenters. The Bertz CT molecular complexity index is 911. The fraction of sp³-hybridized carbons (Fsp3) is 0.278. The van der Waals surface area contributed by atoms with E-state index in [0.717, 1.165) is 23.7 Å². The van der Waals surface area contributed by atoms with Gasteiger partial charge >= 0.3 is 0 Å². The van der Waals surface area contributed by atoms with E-state index in [2.05, 4.69) is 4.98 Å². The van der Waals surface area contributed by atoms with Crippen LogP contribution in [-0.4, -0.2) is 32.4 Å². The van der Waals surface area contributed by atoms with Crippen LogP contribution in [0.2, 0.25) is 5.02 Å². The van der Waals surface area contributed by atoms with Crippen LogP contribution in [0.4, 0.5) is 0 Å². The normalized spacial score (nSPS) is 14.9. The summed E-state index contributed by atoms with van der Waals surface area (Å²) in [5.41, 5.74) is 1.95. The minimum absolute atomic E-state index is 0.702. The van der Waals surface area contributed by atoms with E-state index in [4.69, 9.17) is 28.9 Å². The van der Waals surface area contributed by atoms with Crippen LogP contribution < -0.4 is 4.90 Å². The van der Waals surface area contributed by atoms with Gasteiger partial charge in [-0.2, -0.15) is 4.68 Å². The number of benzene rings is 1. The summed E-state index contributed by atoms with van der Waals surface area (Å²) in [5.74, 6) is 0.827. The zero-order valence-corrected chi connectivity index (χ0v) is 15.3. The Labute approximate surface area is 156 Å². The van der Waals surface area contributed by atoms with E-state index in [0.29, 0.717) is 9.79 Å². The average molecular weight is 373 g/mol. The van der Waals surface area contributed by atoms with E-state index in [9.17, 15) is 0 Å². The molecular weight excluding hydrogens is 354 g/mol. The molecule has 0 spiro atoms. The molecule has 4 rings (SSSR count). The number of halogens is 1. The van der Waals surface area contributed by atoms with Crippen LogP contribution in [0.1, 0.15) is 12.8 Å². The minimum atomic E-state index is 0.702. The summed E-state index contributed by atoms with van der Waals surface area (Å²) in [6.45, 7) is 3.16. The van der Waals surface area contributed by atoms with Crippen molar-refractivity contribution >= 4 is 23.8 Å². The number of rotatable bonds is 4. The van der Waals surface area contributed by atoms with Gasteiger partial charge in [-0.05, 0) is 48.6 Å². The lowest BCUT2D eigenvalue weighted by molar-refractivity contribution is -0.911. The molecule has 1 aliphatic rings. The molecule has 0 radical (unpaired) electrons. The van der Waals surface area contributed by atoms with E-state index < -0.39 is 0 Å². The monoisotopic (exact) mass is 372 g/mol. The first-order valence-electron chi connectivity index (χ1n) is 8.42. The number of aromatic nitrogens is 4. The van der Waals surface area contributed by atoms with Crippen molar-refractivity contribution in [3.63, 3.8) is 0 Å². The van der Waals surface area contributed by atoms with Crippen LogP contribution in [0, 0.1) is 4.77 Å². The van der Waals surface area contributed by atoms with Gasteiger partial charge in [0.15, 0.2) is 12.5 Å². The number of nitrogens with one attached hydrogen (secondary N) is 1. The summed E-state index contributed by atoms with van der Waals surface area (Å²) in [7, 11) is 0. The van der Waals surface area contributed by atoms with Crippen molar-refractivity contribution in [2.24, 2.45) is 0 Å². The molecule has 5 nitrogen and oxygen atoms in total. The number of nitrogens with zero attached hydrogens (tertiary/aromatic N) is 4. The van der Waals surface area contributed by atoms with Crippen LogP contribution in [0.3, 0.4) is 0 Å². The number of hydrogen-bond donors (Lipinski definition) is 1. The molecule has 1 aromatic carbocycles. The third-order valence-corrected chi connectivity index (χ3v) is 5.19. The first-order chi connectivity index (χ1) is 12.2. The van der Waals surface area contributed by atoms with Crippen molar-refractivity contribution in [3.8, 4) is 17.1 Å². The second-order valence-electron chi connectivity index (χ2n) is 6.27. The Kier molecular flexibility index (Phi) is 4.65. The van der Waals surface area contributed by atoms with Gasteiger partial charge in [0.25, 0.3) is 0 Å². The molecule has 3 heterocycles. The molecule has 0 saturated carbocycles. The van der Waals surface area contributed by atoms with E-state index >= 15 is 0 Å². The Morgan fingerprint density at radius 3 is 2.40 bits per heavy atom. The molecule has 0 amide bonds. The van der Waals surface area contributed by atoms with E-state index in [-0.39, 0.29) is 0 Å². The quantitative estimate of drug-likeness (QED) is 0.716. The molecule has 7 heteroatoms. The molecule has 1 fully saturated rings. The molecule has 3 aromatic rings. The summed E-state index contributed by atoms with van der Waals surface area (Å²) < 4.78 is 4.66. The van der Waals surface area contributed by atoms with Gasteiger partial charge in [-0.1, -0.05) is 11.6 Å². The maximum absolute atomic E-state index is 6.05. The maximum Gasteiger partial charge on any atom is 0.207 e. The van der Waals surface area contributed by atoms with Crippen molar-refractivity contribution < 1.29 is 4.90 Å². The van der Waals surface area contributed by atoms with Gasteiger partial charge in [-0.3, -0.25) is 9.55 Å². The lowest BCUT2D eigenvalue weighted by Crippen LogP contribution is -3.09. The predicted octanol–water partition coefficient (Wildman–Crippen LogP) is 2.75. The van der Waals surface area contributed by atoms with Crippen molar-refractivity contribution in [2.75, 3.05) is 13.1 Å². The third-order valence-electron chi connectivity index (χ3n) is 4.55. The molecule has 0 bridgehead atoms. The second-order valence-corrected chi connectivity index (χ2v) is 7.07. The fourth-order valence-corrected chi connectivity index (χ4v) is 3.69. The van der Waals surface area contributed by atoms with Crippen molar-refractivity contribution in [1.29, 1.82) is 0 Å². The first-order valence-corrected chi connectivity index (χ1v) is 9.21. The Balaban J connectivity index is 1.83. The van der Waals surface area contributed by atoms with E-state index in [1.54, 1.807) is 12.4 Å². The highest BCUT2D eigenvalue weighted by Gasteiger charge is 2.20. The van der Waals surface area contributed by atoms with Gasteiger partial charge in [0.2, 0.25) is 4.77 Å². The zero-order chi connectivity index (χ0) is 17.2. The third kappa shape index (κ3) is 3.38. The number of pyridine rings is 1. The lowest BCUT2D eigenvalue weighted by atomic mass is 10.2. The van der Waals surface area contributed by atoms with Gasteiger partial charge in [0.05, 0.1) is 18.8 Å². The van der Waals surface area contributed by atoms with Crippen molar-refractivity contribution in [1.82, 2.24) is 19.3 Å². The van der Waals surface area contributed by atoms with Crippen LogP contribution in [0.25, 0.3) is 17.1 Å². The van der Waals surface area contributed by atoms with Crippen LogP contribution >= 0.6 is 23.8 Å². The summed E-state index contributed by atoms with van der Waals surface area (Å²) in [4.78, 5) is 5.63. The summed E-state index contributed by atoms with van der Waals surface area (Å²) in [5, 5.41) is 5.54. The van der Waals surface area contributed by atoms with Gasteiger partial charge in [0, 0.05) is 35.8 Å². The summed E-state index contributed by atoms with van der Waals surface area (Å²) >= 11 is 11.8. The molecule has 1 N–H and O–H groups in total. The Hall–Kier alpha value is -2.02. The number of quaternary nitrogens is 1. The smallest absolute Gasteiger partial charge is 0.207 e. The minimum Gasteiger partial charge on any atom is -0.316 e. The lowest BCUT2D eigenvalue weighted by Gasteiger charge is -2.11. The van der Waals surface area contributed by atoms with Gasteiger partial charge in [0.1, 0.15) is 0 Å². The van der Waals surface area contributed by atoms with Gasteiger partial charge in [-0.25, -0.2) is 0 Å². The predicted molar refractivity (Wildman–Crippen MR) is 101 cm³/mol. The Morgan fingerprint density at radius 1 is 1.04 bits per heavy atom. The highest BCUT2D eigenvalue weighted by Crippen LogP contribution is 2.23. The molecule has 1 saturated heterocycles. The van der Waals surface area contributed by atoms with Gasteiger partial charge < -0.3 is 4.90 Å². The molecule has 2 aromatic heterocycles. The number of likely N-dealkylation sites (tertiary alicyclic amines) is 1. The standard InChI is InChI=1S/C18H18ClN5S/c19-15-3-5-16(6-4-15)24-17(14-7-9-20-10-8-14)21-23(18(24)25)13-22-11-1-2-12-22/h3-10H,1-2,11-13H2/p+1. The van der Waals surface area contributed by atoms with Gasteiger partial charge in [-0.15, -0.1) is 5.10 Å². The highest BCUT2D eigenvalue weighted by molar-refractivity contribution is 7.71. The summed E-state index contributed by atoms with van der Waals surface area (Å²) in [6, 6.07) is 11.6. The molecule has 25 heavy (non-hydrogen) atoms. The van der Waals surface area contributed by atoms with Crippen LogP contribution in [0.5, 0.6) is 0 Å². The van der Waals surface area contributed by atoms with E-state index in [1.807, 2.05) is 45.6 Å². The second kappa shape index (κ2) is 7.07. The molecule has 128 valence electrons. The van der Waals surface area contributed by atoms with Crippen molar-refractivity contribution in [2.45, 2.75) is 19.5 Å². The largest absolute Gasteiger partial charge is 0.316 e. The highest BCUT2D eigenvalue weighted by atomic mass is 35.5. The molecular formula is C18H19ClN5S+. The first kappa shape index (κ1) is 16.4. The summed E-state index contributed by atoms with van der Waals surface area (Å²) in [6.07, 6.45) is 6.10. The molecule has 0 atom stereocenters. The SMILES string of the molecule is S=c1n(C[NH+]2CCCC2)nc(-c2ccncc2)n1-c1ccc(Cl)cc1. The number of hydrogen-bond acceptors (Lipinski definition) is 3. The van der Waals surface area contributed by atoms with E-state index in [1.165, 1.54) is 30.8 Å². The zero-order valence-electron chi connectivity index (χ0n) is 13.7. The fourth-order valence-electron chi connectivity index (χ4n) is 3.27. The van der Waals surface area contributed by atoms with Crippen molar-refractivity contribution in [3.05, 3.63) is 58.6 Å². The molecule has 1 aliphatic heterocycles. The topological polar surface area (TPSA) is 40.1 Å². The maximum atomic E-state index is 6.05. The average Bonchev–Trinajstić information content (AvgIpc) is 3.26.